The first-order valence-corrected chi connectivity index (χ1v) is 11.6. The van der Waals surface area contributed by atoms with Gasteiger partial charge < -0.3 is 9.64 Å². The second-order valence-electron chi connectivity index (χ2n) is 10.8. The van der Waals surface area contributed by atoms with E-state index in [-0.39, 0.29) is 5.41 Å². The summed E-state index contributed by atoms with van der Waals surface area (Å²) in [6.45, 7) is 14.3. The summed E-state index contributed by atoms with van der Waals surface area (Å²) in [6, 6.07) is 13.0. The van der Waals surface area contributed by atoms with Crippen LogP contribution in [0.1, 0.15) is 66.4 Å². The maximum absolute atomic E-state index is 12.8. The zero-order valence-corrected chi connectivity index (χ0v) is 20.2. The van der Waals surface area contributed by atoms with Crippen molar-refractivity contribution in [1.82, 2.24) is 9.78 Å². The van der Waals surface area contributed by atoms with Crippen LogP contribution in [0.3, 0.4) is 0 Å². The molecule has 0 aliphatic carbocycles. The first-order valence-electron chi connectivity index (χ1n) is 11.6. The molecule has 3 aromatic rings. The van der Waals surface area contributed by atoms with E-state index in [0.717, 1.165) is 24.0 Å². The third kappa shape index (κ3) is 4.52. The lowest BCUT2D eigenvalue weighted by Gasteiger charge is -2.31. The van der Waals surface area contributed by atoms with Gasteiger partial charge in [-0.3, -0.25) is 0 Å². The van der Waals surface area contributed by atoms with Crippen LogP contribution in [0.2, 0.25) is 0 Å². The summed E-state index contributed by atoms with van der Waals surface area (Å²) >= 11 is 0. The summed E-state index contributed by atoms with van der Waals surface area (Å²) in [5, 5.41) is 5.43. The van der Waals surface area contributed by atoms with Crippen LogP contribution < -0.4 is 4.90 Å². The number of nitrogens with zero attached hydrogens (tertiary/aromatic N) is 3. The molecule has 0 bridgehead atoms. The number of benzene rings is 2. The van der Waals surface area contributed by atoms with Crippen molar-refractivity contribution in [3.05, 3.63) is 48.2 Å². The minimum absolute atomic E-state index is 0.118. The molecule has 1 fully saturated rings. The van der Waals surface area contributed by atoms with Gasteiger partial charge in [0.15, 0.2) is 0 Å². The summed E-state index contributed by atoms with van der Waals surface area (Å²) in [5.41, 5.74) is 5.19. The van der Waals surface area contributed by atoms with Crippen molar-refractivity contribution in [2.45, 2.75) is 71.8 Å². The van der Waals surface area contributed by atoms with Gasteiger partial charge in [0.2, 0.25) is 0 Å². The SMILES string of the molecule is CC(C)(C)OC(=O)n1ncc2c(N3CCCCC3)c(-c3ccc(C(C)(C)C)cc3)ccc21. The summed E-state index contributed by atoms with van der Waals surface area (Å²) < 4.78 is 6.97. The van der Waals surface area contributed by atoms with Crippen LogP contribution in [0.5, 0.6) is 0 Å². The number of ether oxygens (including phenoxy) is 1. The molecule has 170 valence electrons. The Balaban J connectivity index is 1.83. The quantitative estimate of drug-likeness (QED) is 0.447. The molecule has 5 heteroatoms. The van der Waals surface area contributed by atoms with Gasteiger partial charge in [-0.05, 0) is 62.6 Å². The minimum atomic E-state index is -0.570. The summed E-state index contributed by atoms with van der Waals surface area (Å²) in [6.07, 6.45) is 4.99. The Morgan fingerprint density at radius 3 is 2.16 bits per heavy atom. The minimum Gasteiger partial charge on any atom is -0.442 e. The molecule has 0 saturated carbocycles. The van der Waals surface area contributed by atoms with Gasteiger partial charge in [-0.1, -0.05) is 51.1 Å². The fourth-order valence-corrected chi connectivity index (χ4v) is 4.38. The number of piperidine rings is 1. The molecule has 0 spiro atoms. The molecule has 1 aliphatic heterocycles. The van der Waals surface area contributed by atoms with Gasteiger partial charge in [-0.25, -0.2) is 4.79 Å². The number of fused-ring (bicyclic) bond motifs is 1. The average molecular weight is 434 g/mol. The van der Waals surface area contributed by atoms with Crippen molar-refractivity contribution in [3.63, 3.8) is 0 Å². The number of hydrogen-bond donors (Lipinski definition) is 0. The highest BCUT2D eigenvalue weighted by Crippen LogP contribution is 2.39. The van der Waals surface area contributed by atoms with Crippen molar-refractivity contribution < 1.29 is 9.53 Å². The predicted octanol–water partition coefficient (Wildman–Crippen LogP) is 6.77. The van der Waals surface area contributed by atoms with Crippen molar-refractivity contribution >= 4 is 22.7 Å². The molecule has 32 heavy (non-hydrogen) atoms. The number of hydrogen-bond acceptors (Lipinski definition) is 4. The van der Waals surface area contributed by atoms with Crippen molar-refractivity contribution in [2.24, 2.45) is 0 Å². The highest BCUT2D eigenvalue weighted by atomic mass is 16.6. The Morgan fingerprint density at radius 1 is 0.906 bits per heavy atom. The van der Waals surface area contributed by atoms with E-state index < -0.39 is 11.7 Å². The average Bonchev–Trinajstić information content (AvgIpc) is 3.16. The Labute approximate surface area is 191 Å². The number of carbonyl (C=O) groups excluding carboxylic acids is 1. The van der Waals surface area contributed by atoms with Gasteiger partial charge in [0.1, 0.15) is 5.60 Å². The third-order valence-corrected chi connectivity index (χ3v) is 6.03. The van der Waals surface area contributed by atoms with Gasteiger partial charge >= 0.3 is 6.09 Å². The molecule has 0 N–H and O–H groups in total. The molecular formula is C27H35N3O2. The summed E-state index contributed by atoms with van der Waals surface area (Å²) in [4.78, 5) is 15.2. The van der Waals surface area contributed by atoms with E-state index in [9.17, 15) is 4.79 Å². The lowest BCUT2D eigenvalue weighted by molar-refractivity contribution is 0.0522. The summed E-state index contributed by atoms with van der Waals surface area (Å²) in [7, 11) is 0. The normalized spacial score (nSPS) is 15.2. The van der Waals surface area contributed by atoms with Crippen LogP contribution >= 0.6 is 0 Å². The van der Waals surface area contributed by atoms with E-state index in [4.69, 9.17) is 4.74 Å². The van der Waals surface area contributed by atoms with Crippen LogP contribution in [-0.4, -0.2) is 34.6 Å². The maximum Gasteiger partial charge on any atom is 0.435 e. The molecule has 4 rings (SSSR count). The largest absolute Gasteiger partial charge is 0.442 e. The second kappa shape index (κ2) is 8.27. The molecular weight excluding hydrogens is 398 g/mol. The molecule has 5 nitrogen and oxygen atoms in total. The van der Waals surface area contributed by atoms with E-state index in [1.165, 1.54) is 46.3 Å². The number of anilines is 1. The molecule has 0 atom stereocenters. The van der Waals surface area contributed by atoms with Gasteiger partial charge in [-0.15, -0.1) is 0 Å². The Bertz CT molecular complexity index is 1110. The molecule has 1 aliphatic rings. The van der Waals surface area contributed by atoms with E-state index in [2.05, 4.69) is 61.1 Å². The van der Waals surface area contributed by atoms with Crippen LogP contribution in [0.25, 0.3) is 22.0 Å². The Kier molecular flexibility index (Phi) is 5.78. The zero-order valence-electron chi connectivity index (χ0n) is 20.2. The van der Waals surface area contributed by atoms with Gasteiger partial charge in [0, 0.05) is 24.0 Å². The maximum atomic E-state index is 12.8. The first-order chi connectivity index (χ1) is 15.0. The fourth-order valence-electron chi connectivity index (χ4n) is 4.38. The van der Waals surface area contributed by atoms with Crippen LogP contribution in [0.15, 0.2) is 42.6 Å². The van der Waals surface area contributed by atoms with E-state index in [1.807, 2.05) is 33.0 Å². The molecule has 0 radical (unpaired) electrons. The fraction of sp³-hybridized carbons (Fsp3) is 0.481. The molecule has 2 heterocycles. The van der Waals surface area contributed by atoms with Crippen molar-refractivity contribution in [1.29, 1.82) is 0 Å². The smallest absolute Gasteiger partial charge is 0.435 e. The highest BCUT2D eigenvalue weighted by Gasteiger charge is 2.24. The van der Waals surface area contributed by atoms with Crippen LogP contribution in [-0.2, 0) is 10.2 Å². The van der Waals surface area contributed by atoms with Crippen LogP contribution in [0.4, 0.5) is 10.5 Å². The highest BCUT2D eigenvalue weighted by molar-refractivity contribution is 6.03. The summed E-state index contributed by atoms with van der Waals surface area (Å²) in [5.74, 6) is 0. The Morgan fingerprint density at radius 2 is 1.56 bits per heavy atom. The van der Waals surface area contributed by atoms with Crippen molar-refractivity contribution in [3.8, 4) is 11.1 Å². The monoisotopic (exact) mass is 433 g/mol. The van der Waals surface area contributed by atoms with Crippen LogP contribution in [0, 0.1) is 0 Å². The Hall–Kier alpha value is -2.82. The standard InChI is InChI=1S/C27H35N3O2/c1-26(2,3)20-12-10-19(11-13-20)21-14-15-23-22(24(21)29-16-8-7-9-17-29)18-28-30(23)25(31)32-27(4,5)6/h10-15,18H,7-9,16-17H2,1-6H3. The molecule has 0 unspecified atom stereocenters. The lowest BCUT2D eigenvalue weighted by Crippen LogP contribution is -2.30. The zero-order chi connectivity index (χ0) is 23.1. The van der Waals surface area contributed by atoms with Gasteiger partial charge in [-0.2, -0.15) is 9.78 Å². The van der Waals surface area contributed by atoms with Gasteiger partial charge in [0.05, 0.1) is 17.4 Å². The van der Waals surface area contributed by atoms with E-state index >= 15 is 0 Å². The number of carbonyl (C=O) groups is 1. The number of aromatic nitrogens is 2. The van der Waals surface area contributed by atoms with Gasteiger partial charge in [0.25, 0.3) is 0 Å². The number of rotatable bonds is 2. The molecule has 1 saturated heterocycles. The second-order valence-corrected chi connectivity index (χ2v) is 10.8. The molecule has 2 aromatic carbocycles. The molecule has 0 amide bonds. The lowest BCUT2D eigenvalue weighted by atomic mass is 9.86. The molecule has 1 aromatic heterocycles. The van der Waals surface area contributed by atoms with E-state index in [1.54, 1.807) is 0 Å². The topological polar surface area (TPSA) is 47.4 Å². The predicted molar refractivity (Wildman–Crippen MR) is 132 cm³/mol. The first kappa shape index (κ1) is 22.4. The van der Waals surface area contributed by atoms with Crippen molar-refractivity contribution in [2.75, 3.05) is 18.0 Å². The van der Waals surface area contributed by atoms with E-state index in [0.29, 0.717) is 0 Å². The third-order valence-electron chi connectivity index (χ3n) is 6.03.